The summed E-state index contributed by atoms with van der Waals surface area (Å²) in [4.78, 5) is 21.0. The minimum atomic E-state index is -0.0497. The van der Waals surface area contributed by atoms with Crippen LogP contribution in [0.3, 0.4) is 0 Å². The Labute approximate surface area is 123 Å². The highest BCUT2D eigenvalue weighted by Gasteiger charge is 2.41. The number of ketones is 1. The molecule has 2 saturated heterocycles. The number of Topliss-reactive ketones (excluding diaryl/α,β-unsaturated/α-hetero) is 1. The van der Waals surface area contributed by atoms with E-state index in [1.54, 1.807) is 12.3 Å². The zero-order valence-corrected chi connectivity index (χ0v) is 12.6. The minimum absolute atomic E-state index is 0.0497. The first-order valence-corrected chi connectivity index (χ1v) is 8.40. The smallest absolute Gasteiger partial charge is 0.184 e. The molecule has 0 saturated carbocycles. The summed E-state index contributed by atoms with van der Waals surface area (Å²) in [6, 6.07) is 1.73. The lowest BCUT2D eigenvalue weighted by atomic mass is 9.79. The highest BCUT2D eigenvalue weighted by atomic mass is 32.2. The molecule has 1 aromatic heterocycles. The highest BCUT2D eigenvalue weighted by Crippen LogP contribution is 2.40. The molecule has 0 bridgehead atoms. The summed E-state index contributed by atoms with van der Waals surface area (Å²) >= 11 is 1.98. The van der Waals surface area contributed by atoms with Gasteiger partial charge in [-0.25, -0.2) is 9.97 Å². The molecule has 0 amide bonds. The fourth-order valence-corrected chi connectivity index (χ4v) is 4.38. The molecular weight excluding hydrogens is 272 g/mol. The van der Waals surface area contributed by atoms with E-state index in [9.17, 15) is 4.79 Å². The Bertz CT molecular complexity index is 495. The van der Waals surface area contributed by atoms with Crippen molar-refractivity contribution in [1.29, 1.82) is 0 Å². The highest BCUT2D eigenvalue weighted by molar-refractivity contribution is 7.99. The maximum absolute atomic E-state index is 12.6. The van der Waals surface area contributed by atoms with Crippen LogP contribution >= 0.6 is 11.8 Å². The van der Waals surface area contributed by atoms with Crippen molar-refractivity contribution in [2.45, 2.75) is 38.2 Å². The third kappa shape index (κ3) is 2.88. The molecule has 2 aliphatic heterocycles. The van der Waals surface area contributed by atoms with Crippen molar-refractivity contribution in [2.24, 2.45) is 5.92 Å². The van der Waals surface area contributed by atoms with Gasteiger partial charge in [-0.05, 0) is 50.2 Å². The lowest BCUT2D eigenvalue weighted by Crippen LogP contribution is -2.44. The number of thioether (sulfide) groups is 1. The molecular formula is C15H20N2O2S. The molecule has 3 heterocycles. The molecule has 0 radical (unpaired) electrons. The number of aryl methyl sites for hydroxylation is 1. The molecule has 108 valence electrons. The molecule has 3 rings (SSSR count). The van der Waals surface area contributed by atoms with Gasteiger partial charge in [-0.1, -0.05) is 0 Å². The zero-order valence-electron chi connectivity index (χ0n) is 11.8. The van der Waals surface area contributed by atoms with Crippen LogP contribution in [0.2, 0.25) is 0 Å². The fourth-order valence-electron chi connectivity index (χ4n) is 3.15. The minimum Gasteiger partial charge on any atom is -0.375 e. The Morgan fingerprint density at radius 1 is 1.45 bits per heavy atom. The third-order valence-electron chi connectivity index (χ3n) is 4.30. The number of hydrogen-bond acceptors (Lipinski definition) is 5. The van der Waals surface area contributed by atoms with Gasteiger partial charge in [0.25, 0.3) is 0 Å². The van der Waals surface area contributed by atoms with E-state index < -0.39 is 0 Å². The molecule has 1 unspecified atom stereocenters. The van der Waals surface area contributed by atoms with E-state index in [1.165, 1.54) is 0 Å². The molecule has 1 atom stereocenters. The molecule has 0 aliphatic carbocycles. The van der Waals surface area contributed by atoms with E-state index in [-0.39, 0.29) is 17.3 Å². The summed E-state index contributed by atoms with van der Waals surface area (Å²) in [5.74, 6) is 3.17. The largest absolute Gasteiger partial charge is 0.375 e. The number of aromatic nitrogens is 2. The Hall–Kier alpha value is -0.940. The van der Waals surface area contributed by atoms with E-state index >= 15 is 0 Å². The summed E-state index contributed by atoms with van der Waals surface area (Å²) in [6.07, 6.45) is 5.49. The Morgan fingerprint density at radius 3 is 3.00 bits per heavy atom. The molecule has 20 heavy (non-hydrogen) atoms. The fraction of sp³-hybridized carbons (Fsp3) is 0.667. The molecule has 4 nitrogen and oxygen atoms in total. The average Bonchev–Trinajstić information content (AvgIpc) is 2.47. The molecule has 5 heteroatoms. The summed E-state index contributed by atoms with van der Waals surface area (Å²) in [5.41, 5.74) is 0.510. The van der Waals surface area contributed by atoms with Crippen LogP contribution < -0.4 is 0 Å². The van der Waals surface area contributed by atoms with Gasteiger partial charge < -0.3 is 4.74 Å². The Morgan fingerprint density at radius 2 is 2.25 bits per heavy atom. The third-order valence-corrected chi connectivity index (χ3v) is 5.28. The predicted octanol–water partition coefficient (Wildman–Crippen LogP) is 2.66. The van der Waals surface area contributed by atoms with Crippen LogP contribution in [-0.4, -0.2) is 39.5 Å². The second kappa shape index (κ2) is 5.82. The zero-order chi connectivity index (χ0) is 14.0. The molecule has 2 fully saturated rings. The molecule has 2 aliphatic rings. The van der Waals surface area contributed by atoms with E-state index in [1.807, 2.05) is 18.7 Å². The van der Waals surface area contributed by atoms with E-state index in [0.717, 1.165) is 37.2 Å². The lowest BCUT2D eigenvalue weighted by Gasteiger charge is -2.42. The topological polar surface area (TPSA) is 52.1 Å². The van der Waals surface area contributed by atoms with Gasteiger partial charge in [0.05, 0.1) is 5.60 Å². The normalized spacial score (nSPS) is 25.6. The van der Waals surface area contributed by atoms with Crippen molar-refractivity contribution < 1.29 is 9.53 Å². The van der Waals surface area contributed by atoms with Gasteiger partial charge in [0, 0.05) is 18.7 Å². The summed E-state index contributed by atoms with van der Waals surface area (Å²) in [6.45, 7) is 2.52. The first-order chi connectivity index (χ1) is 9.69. The van der Waals surface area contributed by atoms with Gasteiger partial charge in [0.2, 0.25) is 0 Å². The van der Waals surface area contributed by atoms with Crippen molar-refractivity contribution in [3.63, 3.8) is 0 Å². The van der Waals surface area contributed by atoms with Crippen molar-refractivity contribution in [2.75, 3.05) is 18.1 Å². The van der Waals surface area contributed by atoms with Crippen LogP contribution in [0, 0.1) is 12.8 Å². The van der Waals surface area contributed by atoms with E-state index in [4.69, 9.17) is 4.74 Å². The maximum atomic E-state index is 12.6. The van der Waals surface area contributed by atoms with Crippen LogP contribution in [-0.2, 0) is 4.74 Å². The van der Waals surface area contributed by atoms with Gasteiger partial charge in [0.15, 0.2) is 5.78 Å². The second-order valence-corrected chi connectivity index (χ2v) is 6.91. The number of carbonyl (C=O) groups excluding carboxylic acids is 1. The maximum Gasteiger partial charge on any atom is 0.184 e. The predicted molar refractivity (Wildman–Crippen MR) is 79.1 cm³/mol. The van der Waals surface area contributed by atoms with Crippen molar-refractivity contribution in [3.8, 4) is 0 Å². The average molecular weight is 292 g/mol. The number of hydrogen-bond donors (Lipinski definition) is 0. The standard InChI is InChI=1S/C15H20N2O2S/c1-11-16-6-2-13(17-11)14(18)12-3-7-19-15(10-12)4-8-20-9-5-15/h2,6,12H,3-5,7-10H2,1H3. The van der Waals surface area contributed by atoms with Gasteiger partial charge in [-0.3, -0.25) is 4.79 Å². The number of rotatable bonds is 2. The molecule has 0 aromatic carbocycles. The van der Waals surface area contributed by atoms with Crippen LogP contribution in [0.4, 0.5) is 0 Å². The Kier molecular flexibility index (Phi) is 4.08. The molecule has 1 spiro atoms. The number of ether oxygens (including phenoxy) is 1. The summed E-state index contributed by atoms with van der Waals surface area (Å²) < 4.78 is 6.05. The lowest BCUT2D eigenvalue weighted by molar-refractivity contribution is -0.0960. The van der Waals surface area contributed by atoms with Gasteiger partial charge >= 0.3 is 0 Å². The van der Waals surface area contributed by atoms with Gasteiger partial charge in [-0.15, -0.1) is 0 Å². The van der Waals surface area contributed by atoms with E-state index in [2.05, 4.69) is 9.97 Å². The van der Waals surface area contributed by atoms with Crippen molar-refractivity contribution in [3.05, 3.63) is 23.8 Å². The monoisotopic (exact) mass is 292 g/mol. The van der Waals surface area contributed by atoms with Gasteiger partial charge in [-0.2, -0.15) is 11.8 Å². The van der Waals surface area contributed by atoms with Crippen LogP contribution in [0.5, 0.6) is 0 Å². The molecule has 1 aromatic rings. The first-order valence-electron chi connectivity index (χ1n) is 7.24. The van der Waals surface area contributed by atoms with Gasteiger partial charge in [0.1, 0.15) is 11.5 Å². The molecule has 0 N–H and O–H groups in total. The summed E-state index contributed by atoms with van der Waals surface area (Å²) in [7, 11) is 0. The van der Waals surface area contributed by atoms with Crippen LogP contribution in [0.15, 0.2) is 12.3 Å². The van der Waals surface area contributed by atoms with E-state index in [0.29, 0.717) is 18.1 Å². The number of carbonyl (C=O) groups is 1. The first kappa shape index (κ1) is 14.0. The number of nitrogens with zero attached hydrogens (tertiary/aromatic N) is 2. The van der Waals surface area contributed by atoms with Crippen molar-refractivity contribution >= 4 is 17.5 Å². The SMILES string of the molecule is Cc1nccc(C(=O)C2CCOC3(CCSCC3)C2)n1. The second-order valence-electron chi connectivity index (χ2n) is 5.69. The quantitative estimate of drug-likeness (QED) is 0.784. The Balaban J connectivity index is 1.74. The summed E-state index contributed by atoms with van der Waals surface area (Å²) in [5, 5.41) is 0. The van der Waals surface area contributed by atoms with Crippen LogP contribution in [0.25, 0.3) is 0 Å². The van der Waals surface area contributed by atoms with Crippen molar-refractivity contribution in [1.82, 2.24) is 9.97 Å². The van der Waals surface area contributed by atoms with Crippen LogP contribution in [0.1, 0.15) is 42.0 Å².